The molecular formula is C136H120N8. The predicted octanol–water partition coefficient (Wildman–Crippen LogP) is 35.6. The Morgan fingerprint density at radius 1 is 0.139 bits per heavy atom. The second-order valence-electron chi connectivity index (χ2n) is 42.2. The molecule has 24 rings (SSSR count). The van der Waals surface area contributed by atoms with Gasteiger partial charge in [0.25, 0.3) is 0 Å². The van der Waals surface area contributed by atoms with Crippen LogP contribution in [-0.4, -0.2) is 39.9 Å². The van der Waals surface area contributed by atoms with Gasteiger partial charge in [-0.05, 0) is 195 Å². The molecule has 0 spiro atoms. The second kappa shape index (κ2) is 38.7. The van der Waals surface area contributed by atoms with E-state index >= 15 is 0 Å². The lowest BCUT2D eigenvalue weighted by molar-refractivity contribution is 0.658. The number of hydrogen-bond donors (Lipinski definition) is 0. The molecule has 0 atom stereocenters. The van der Waals surface area contributed by atoms with Crippen LogP contribution in [0.25, 0.3) is 180 Å². The molecule has 0 saturated carbocycles. The molecule has 4 heterocycles. The van der Waals surface area contributed by atoms with Gasteiger partial charge in [0.2, 0.25) is 0 Å². The molecule has 8 heteroatoms. The van der Waals surface area contributed by atoms with Crippen molar-refractivity contribution in [3.63, 3.8) is 0 Å². The van der Waals surface area contributed by atoms with E-state index in [0.29, 0.717) is 41.1 Å². The summed E-state index contributed by atoms with van der Waals surface area (Å²) in [5.41, 5.74) is 46.9. The lowest BCUT2D eigenvalue weighted by Gasteiger charge is -2.23. The largest absolute Gasteiger partial charge is 0.248 e. The lowest BCUT2D eigenvalue weighted by Crippen LogP contribution is -2.15. The quantitative estimate of drug-likeness (QED) is 0.0943. The fraction of sp³-hybridized carbons (Fsp3) is 0.176. The average Bonchev–Trinajstić information content (AvgIpc) is 1.59. The minimum absolute atomic E-state index is 0.0507. The van der Waals surface area contributed by atoms with Gasteiger partial charge in [-0.25, -0.2) is 39.9 Å². The molecule has 0 bridgehead atoms. The molecule has 4 aliphatic rings. The number of hydrogen-bond acceptors (Lipinski definition) is 8. The first-order valence-corrected chi connectivity index (χ1v) is 50.9. The topological polar surface area (TPSA) is 103 Å². The SMILES string of the molecule is CC(C)c1ccc2c(c1)C(C)(C)c1cc(-c3cc(-c4ccccc4)cc(-c4ccccc4)n3)ccc1-2.CC(C)c1ccc2c(c1)C(C)(C)c1cc(-c3cc(-c4ccccc4)nc(-c4ccccc4)n3)ccc1-2.CC(C)c1ccc2c(c1)C(C)(C)c1cc(-c3nc(-c4ccccc4)cc(-c4ccccc4)n3)ccc1-2.CC(C)c1ccc2c(c1)C(C)(C)c1cc(-c3nc(-c4ccccc4)nc(-c4ccccc4)n3)ccc1-2. The van der Waals surface area contributed by atoms with Crippen molar-refractivity contribution in [3.05, 3.63) is 479 Å². The predicted molar refractivity (Wildman–Crippen MR) is 600 cm³/mol. The summed E-state index contributed by atoms with van der Waals surface area (Å²) in [6.07, 6.45) is 0. The maximum Gasteiger partial charge on any atom is 0.164 e. The van der Waals surface area contributed by atoms with Crippen LogP contribution in [0.15, 0.2) is 413 Å². The molecule has 8 nitrogen and oxygen atoms in total. The highest BCUT2D eigenvalue weighted by Crippen LogP contribution is 2.56. The van der Waals surface area contributed by atoms with Crippen LogP contribution < -0.4 is 0 Å². The van der Waals surface area contributed by atoms with Crippen LogP contribution in [0.2, 0.25) is 0 Å². The van der Waals surface area contributed by atoms with Crippen LogP contribution in [-0.2, 0) is 21.7 Å². The Balaban J connectivity index is 0.000000113. The van der Waals surface area contributed by atoms with Crippen LogP contribution in [0.5, 0.6) is 0 Å². The van der Waals surface area contributed by atoms with Crippen molar-refractivity contribution in [1.29, 1.82) is 0 Å². The number of pyridine rings is 1. The van der Waals surface area contributed by atoms with Gasteiger partial charge in [-0.2, -0.15) is 0 Å². The molecule has 0 amide bonds. The van der Waals surface area contributed by atoms with Crippen molar-refractivity contribution in [1.82, 2.24) is 39.9 Å². The lowest BCUT2D eigenvalue weighted by atomic mass is 9.80. The van der Waals surface area contributed by atoms with Gasteiger partial charge in [-0.1, -0.05) is 475 Å². The van der Waals surface area contributed by atoms with Gasteiger partial charge in [0, 0.05) is 82.9 Å². The van der Waals surface area contributed by atoms with E-state index in [1.54, 1.807) is 0 Å². The third-order valence-electron chi connectivity index (χ3n) is 30.0. The summed E-state index contributed by atoms with van der Waals surface area (Å²) in [6.45, 7) is 36.8. The number of fused-ring (bicyclic) bond motifs is 12. The molecule has 16 aromatic carbocycles. The zero-order valence-corrected chi connectivity index (χ0v) is 85.1. The summed E-state index contributed by atoms with van der Waals surface area (Å²) >= 11 is 0. The molecule has 0 aliphatic heterocycles. The summed E-state index contributed by atoms with van der Waals surface area (Å²) in [7, 11) is 0. The zero-order chi connectivity index (χ0) is 99.5. The summed E-state index contributed by atoms with van der Waals surface area (Å²) in [5.74, 6) is 5.61. The van der Waals surface area contributed by atoms with Gasteiger partial charge >= 0.3 is 0 Å². The van der Waals surface area contributed by atoms with Crippen molar-refractivity contribution in [2.45, 2.75) is 156 Å². The van der Waals surface area contributed by atoms with E-state index < -0.39 is 0 Å². The summed E-state index contributed by atoms with van der Waals surface area (Å²) in [6, 6.07) is 146. The standard InChI is InChI=1S/C35H31N.2C34H30N2.C33H29N3/c1-23(2)26-15-17-29-30-18-16-27(20-32(30)35(3,4)31(29)19-26)34-22-28(24-11-7-5-8-12-24)21-33(36-34)25-13-9-6-10-14-25;1-22(2)25-15-17-27-28-18-16-26(20-30(28)34(3,4)29(27)19-25)32-21-31(23-11-7-5-8-12-23)35-33(36-32)24-13-9-6-10-14-24;1-22(2)25-15-17-27-28-18-16-26(20-30(28)34(3,4)29(27)19-25)33-35-31(23-11-7-5-8-12-23)21-32(36-33)24-13-9-6-10-14-24;1-21(2)24-15-17-26-27-18-16-25(20-29(27)33(3,4)28(26)19-24)32-35-30(22-11-7-5-8-12-22)34-31(36-32)23-13-9-6-10-14-23/h5-23H,1-4H3;2*5-22H,1-4H3;5-21H,1-4H3. The van der Waals surface area contributed by atoms with Gasteiger partial charge in [0.15, 0.2) is 29.1 Å². The van der Waals surface area contributed by atoms with E-state index in [-0.39, 0.29) is 21.7 Å². The molecule has 20 aromatic rings. The average molecular weight is 1870 g/mol. The molecule has 0 saturated heterocycles. The molecular weight excluding hydrogens is 1750 g/mol. The maximum atomic E-state index is 5.16. The Hall–Kier alpha value is -16.2. The number of benzene rings is 16. The van der Waals surface area contributed by atoms with Gasteiger partial charge < -0.3 is 0 Å². The Bertz CT molecular complexity index is 6990. The first kappa shape index (κ1) is 94.1. The van der Waals surface area contributed by atoms with Crippen LogP contribution >= 0.6 is 0 Å². The molecule has 0 radical (unpaired) electrons. The number of rotatable bonds is 16. The summed E-state index contributed by atoms with van der Waals surface area (Å²) in [4.78, 5) is 40.0. The highest BCUT2D eigenvalue weighted by Gasteiger charge is 2.41. The van der Waals surface area contributed by atoms with Crippen molar-refractivity contribution in [2.75, 3.05) is 0 Å². The van der Waals surface area contributed by atoms with E-state index in [2.05, 4.69) is 426 Å². The highest BCUT2D eigenvalue weighted by atomic mass is 15.0. The minimum atomic E-state index is -0.0941. The molecule has 144 heavy (non-hydrogen) atoms. The minimum Gasteiger partial charge on any atom is -0.248 e. The smallest absolute Gasteiger partial charge is 0.164 e. The van der Waals surface area contributed by atoms with Crippen molar-refractivity contribution >= 4 is 0 Å². The Morgan fingerprint density at radius 3 is 0.576 bits per heavy atom. The van der Waals surface area contributed by atoms with E-state index in [1.165, 1.54) is 122 Å². The molecule has 704 valence electrons. The van der Waals surface area contributed by atoms with Crippen molar-refractivity contribution in [2.24, 2.45) is 0 Å². The highest BCUT2D eigenvalue weighted by molar-refractivity contribution is 5.90. The first-order chi connectivity index (χ1) is 69.7. The van der Waals surface area contributed by atoms with Gasteiger partial charge in [0.1, 0.15) is 0 Å². The van der Waals surface area contributed by atoms with Gasteiger partial charge in [0.05, 0.1) is 34.2 Å². The molecule has 4 aliphatic carbocycles. The van der Waals surface area contributed by atoms with E-state index in [1.807, 2.05) is 97.1 Å². The van der Waals surface area contributed by atoms with Crippen molar-refractivity contribution in [3.8, 4) is 180 Å². The Labute approximate surface area is 849 Å². The maximum absolute atomic E-state index is 5.16. The van der Waals surface area contributed by atoms with Gasteiger partial charge in [-0.15, -0.1) is 0 Å². The van der Waals surface area contributed by atoms with E-state index in [9.17, 15) is 0 Å². The van der Waals surface area contributed by atoms with Crippen LogP contribution in [0.4, 0.5) is 0 Å². The van der Waals surface area contributed by atoms with Gasteiger partial charge in [-0.3, -0.25) is 0 Å². The Kier molecular flexibility index (Phi) is 25.3. The number of nitrogens with zero attached hydrogens (tertiary/aromatic N) is 8. The van der Waals surface area contributed by atoms with Crippen LogP contribution in [0, 0.1) is 0 Å². The fourth-order valence-electron chi connectivity index (χ4n) is 21.4. The Morgan fingerprint density at radius 2 is 0.319 bits per heavy atom. The molecule has 0 fully saturated rings. The molecule has 0 N–H and O–H groups in total. The molecule has 0 unspecified atom stereocenters. The third kappa shape index (κ3) is 18.2. The van der Waals surface area contributed by atoms with Crippen LogP contribution in [0.1, 0.15) is 201 Å². The second-order valence-corrected chi connectivity index (χ2v) is 42.2. The van der Waals surface area contributed by atoms with Crippen molar-refractivity contribution < 1.29 is 0 Å². The van der Waals surface area contributed by atoms with Crippen LogP contribution in [0.3, 0.4) is 0 Å². The summed E-state index contributed by atoms with van der Waals surface area (Å²) < 4.78 is 0. The fourth-order valence-corrected chi connectivity index (χ4v) is 21.4. The molecule has 4 aromatic heterocycles. The zero-order valence-electron chi connectivity index (χ0n) is 85.1. The van der Waals surface area contributed by atoms with E-state index in [0.717, 1.165) is 107 Å². The third-order valence-corrected chi connectivity index (χ3v) is 30.0. The monoisotopic (exact) mass is 1860 g/mol. The summed E-state index contributed by atoms with van der Waals surface area (Å²) in [5, 5.41) is 0. The first-order valence-electron chi connectivity index (χ1n) is 50.9. The van der Waals surface area contributed by atoms with E-state index in [4.69, 9.17) is 39.9 Å². The number of aromatic nitrogens is 8. The normalized spacial score (nSPS) is 13.5.